The second-order valence-corrected chi connectivity index (χ2v) is 23.6. The lowest BCUT2D eigenvalue weighted by Gasteiger charge is -2.40. The molecule has 4 aromatic rings. The maximum atomic E-state index is 13.5. The maximum absolute atomic E-state index is 13.5. The fraction of sp³-hybridized carbons (Fsp3) is 0.679. The van der Waals surface area contributed by atoms with E-state index in [1.807, 2.05) is 0 Å². The van der Waals surface area contributed by atoms with Gasteiger partial charge < -0.3 is 20.0 Å². The minimum Gasteiger partial charge on any atom is -0.393 e. The number of amides is 4. The Bertz CT molecular complexity index is 3190. The number of fused-ring (bicyclic) bond motifs is 12. The van der Waals surface area contributed by atoms with Crippen LogP contribution in [0.1, 0.15) is 99.0 Å². The highest BCUT2D eigenvalue weighted by molar-refractivity contribution is 7.14. The lowest BCUT2D eigenvalue weighted by atomic mass is 9.78. The summed E-state index contributed by atoms with van der Waals surface area (Å²) >= 11 is 2.01. The molecule has 6 saturated carbocycles. The molecule has 14 rings (SSSR count). The first-order valence-electron chi connectivity index (χ1n) is 34.1. The van der Waals surface area contributed by atoms with Crippen LogP contribution in [0.4, 0.5) is 11.6 Å². The molecule has 14 nitrogen and oxygen atoms in total. The summed E-state index contributed by atoms with van der Waals surface area (Å²) < 4.78 is 153. The normalized spacial score (nSPS) is 44.5. The van der Waals surface area contributed by atoms with Crippen molar-refractivity contribution in [3.8, 4) is 0 Å². The Morgan fingerprint density at radius 1 is 0.486 bits per heavy atom. The van der Waals surface area contributed by atoms with Crippen LogP contribution in [0.5, 0.6) is 0 Å². The summed E-state index contributed by atoms with van der Waals surface area (Å²) in [5.41, 5.74) is 0. The molecule has 6 heterocycles. The smallest absolute Gasteiger partial charge is 0.233 e. The molecule has 2 N–H and O–H groups in total. The third-order valence-electron chi connectivity index (χ3n) is 18.3. The topological polar surface area (TPSA) is 154 Å². The highest BCUT2D eigenvalue weighted by Gasteiger charge is 2.65. The number of piperazine rings is 2. The van der Waals surface area contributed by atoms with Crippen molar-refractivity contribution in [3.63, 3.8) is 0 Å². The summed E-state index contributed by atoms with van der Waals surface area (Å²) in [5, 5.41) is 21.6. The minimum atomic E-state index is -3.03. The molecule has 10 aliphatic rings. The Balaban J connectivity index is 0.000000181. The quantitative estimate of drug-likeness (QED) is 0.153. The molecule has 74 heavy (non-hydrogen) atoms. The zero-order valence-corrected chi connectivity index (χ0v) is 44.0. The summed E-state index contributed by atoms with van der Waals surface area (Å²) in [6.07, 6.45) is 6.81. The van der Waals surface area contributed by atoms with Crippen molar-refractivity contribution in [1.82, 2.24) is 28.3 Å². The van der Waals surface area contributed by atoms with E-state index in [0.29, 0.717) is 91.1 Å². The summed E-state index contributed by atoms with van der Waals surface area (Å²) in [5.74, 6) is -4.87. The number of likely N-dealkylation sites (tertiary alicyclic amines) is 2. The average molecular weight is 1110 g/mol. The number of hydrogen-bond donors (Lipinski definition) is 2. The van der Waals surface area contributed by atoms with Crippen LogP contribution < -0.4 is 9.80 Å². The first-order valence-corrected chi connectivity index (χ1v) is 27.7. The summed E-state index contributed by atoms with van der Waals surface area (Å²) in [6.45, 7) is -24.4. The lowest BCUT2D eigenvalue weighted by Crippen LogP contribution is -2.49. The predicted molar refractivity (Wildman–Crippen MR) is 294 cm³/mol. The van der Waals surface area contributed by atoms with Gasteiger partial charge in [-0.2, -0.15) is 8.75 Å². The fourth-order valence-corrected chi connectivity index (χ4v) is 16.3. The zero-order chi connectivity index (χ0) is 63.1. The number of rotatable bonds is 10. The largest absolute Gasteiger partial charge is 0.393 e. The molecule has 0 unspecified atom stereocenters. The highest BCUT2D eigenvalue weighted by Crippen LogP contribution is 2.58. The van der Waals surface area contributed by atoms with Gasteiger partial charge in [0, 0.05) is 99.9 Å². The van der Waals surface area contributed by atoms with Gasteiger partial charge in [-0.15, -0.1) is 24.8 Å². The van der Waals surface area contributed by atoms with Crippen molar-refractivity contribution >= 4 is 103 Å². The third-order valence-corrected chi connectivity index (χ3v) is 19.9. The summed E-state index contributed by atoms with van der Waals surface area (Å²) in [7, 11) is 0. The first kappa shape index (κ1) is 36.6. The van der Waals surface area contributed by atoms with E-state index >= 15 is 0 Å². The second kappa shape index (κ2) is 21.7. The molecule has 18 heteroatoms. The molecule has 0 spiro atoms. The van der Waals surface area contributed by atoms with Gasteiger partial charge in [0.1, 0.15) is 11.6 Å². The van der Waals surface area contributed by atoms with E-state index in [0.717, 1.165) is 48.7 Å². The number of aliphatic hydroxyl groups is 2. The van der Waals surface area contributed by atoms with Gasteiger partial charge in [0.05, 0.1) is 56.2 Å². The molecule has 2 aromatic heterocycles. The van der Waals surface area contributed by atoms with Crippen molar-refractivity contribution in [1.29, 1.82) is 0 Å². The van der Waals surface area contributed by atoms with Gasteiger partial charge in [-0.25, -0.2) is 0 Å². The van der Waals surface area contributed by atoms with Crippen LogP contribution >= 0.6 is 47.9 Å². The number of halogens is 2. The van der Waals surface area contributed by atoms with Crippen LogP contribution in [0.2, 0.25) is 0 Å². The van der Waals surface area contributed by atoms with Crippen molar-refractivity contribution in [3.05, 3.63) is 48.5 Å². The highest BCUT2D eigenvalue weighted by atomic mass is 35.5. The Morgan fingerprint density at radius 3 is 1.23 bits per heavy atom. The monoisotopic (exact) mass is 1100 g/mol. The van der Waals surface area contributed by atoms with E-state index in [4.69, 9.17) is 21.9 Å². The Hall–Kier alpha value is -3.48. The average Bonchev–Trinajstić information content (AvgIpc) is 1.04. The van der Waals surface area contributed by atoms with Crippen LogP contribution in [0.25, 0.3) is 20.2 Å². The molecule has 6 aliphatic carbocycles. The summed E-state index contributed by atoms with van der Waals surface area (Å²) in [6, 6.07) is 13.6. The minimum absolute atomic E-state index is 0. The van der Waals surface area contributed by atoms with E-state index in [1.54, 1.807) is 48.5 Å². The number of benzene rings is 2. The van der Waals surface area contributed by atoms with Crippen molar-refractivity contribution in [2.45, 2.75) is 89.3 Å². The van der Waals surface area contributed by atoms with Crippen LogP contribution in [0, 0.1) is 71.0 Å². The predicted octanol–water partition coefficient (Wildman–Crippen LogP) is 7.30. The molecule has 2 aromatic carbocycles. The van der Waals surface area contributed by atoms with E-state index in [2.05, 4.69) is 8.75 Å². The van der Waals surface area contributed by atoms with Crippen LogP contribution in [-0.4, -0.2) is 153 Å². The molecular weight excluding hydrogens is 1020 g/mol. The van der Waals surface area contributed by atoms with Crippen molar-refractivity contribution < 1.29 is 51.3 Å². The Kier molecular flexibility index (Phi) is 10.7. The molecule has 400 valence electrons. The number of nitrogens with zero attached hydrogens (tertiary/aromatic N) is 8. The summed E-state index contributed by atoms with van der Waals surface area (Å²) in [4.78, 5) is 58.9. The number of aliphatic hydroxyl groups excluding tert-OH is 2. The van der Waals surface area contributed by atoms with Gasteiger partial charge in [-0.05, 0) is 146 Å². The van der Waals surface area contributed by atoms with Crippen LogP contribution in [0.3, 0.4) is 0 Å². The molecule has 4 saturated heterocycles. The third kappa shape index (κ3) is 9.38. The van der Waals surface area contributed by atoms with Crippen molar-refractivity contribution in [2.75, 3.05) is 88.0 Å². The Labute approximate surface area is 478 Å². The van der Waals surface area contributed by atoms with Gasteiger partial charge >= 0.3 is 0 Å². The van der Waals surface area contributed by atoms with E-state index < -0.39 is 99.7 Å². The molecule has 4 bridgehead atoms. The molecule has 4 aliphatic heterocycles. The molecular formula is C56H74Cl2N8O6S2. The standard InChI is InChI=1S/2C28H36N4O3S.2ClH/c2*33-22-14-19-13-21(22)25-24(19)27(34)32(28(25)35)16-18-6-2-1-5-17(18)15-30-9-11-31(12-10-30)26-20-7-3-4-8-23(20)36-29-26;;/h2*3-4,7-8,17-19,21-22,24-25,33H,1-2,5-6,9-16H2;2*1H/t17-,18-,19+,21-,22-,24+,25-;17-,18-,19-,21+,22+,24-,25+;;/m00../s1/i2*9D2,10D2,11D2,12D2;;. The zero-order valence-electron chi connectivity index (χ0n) is 56.8. The van der Waals surface area contributed by atoms with Crippen LogP contribution in [0.15, 0.2) is 48.5 Å². The SMILES string of the molecule is Cl.Cl.[2H]C1([2H])N(C[C@@H]2CCCC[C@H]2CN2C(=O)[C@@H]3[C@@H]4C[C@@H](C[C@H]4O)[C@@H]3C2=O)C([2H])([2H])C([2H])([2H])N(c2nsc3ccccc23)C1([2H])[2H].[2H]C1([2H])N(C[C@@H]2CCCC[C@H]2CN2C(=O)[C@@H]3[C@@H]4C[C@H]([C@@H]3C2=O)[C@@H](O)C4)C([2H])([2H])C([2H])([2H])N(c2nsc3ccccc23)C1([2H])[2H]. The Morgan fingerprint density at radius 2 is 0.838 bits per heavy atom. The number of anilines is 2. The number of imide groups is 2. The van der Waals surface area contributed by atoms with Gasteiger partial charge in [0.2, 0.25) is 23.6 Å². The van der Waals surface area contributed by atoms with Gasteiger partial charge in [0.15, 0.2) is 0 Å². The van der Waals surface area contributed by atoms with Gasteiger partial charge in [-0.1, -0.05) is 49.9 Å². The number of aromatic nitrogens is 2. The van der Waals surface area contributed by atoms with Gasteiger partial charge in [0.25, 0.3) is 0 Å². The second-order valence-electron chi connectivity index (χ2n) is 22.0. The fourth-order valence-electron chi connectivity index (χ4n) is 14.8. The van der Waals surface area contributed by atoms with E-state index in [1.165, 1.54) is 9.80 Å². The van der Waals surface area contributed by atoms with Gasteiger partial charge in [-0.3, -0.25) is 38.8 Å². The molecule has 14 atom stereocenters. The lowest BCUT2D eigenvalue weighted by molar-refractivity contribution is -0.143. The first-order chi connectivity index (χ1) is 41.2. The maximum Gasteiger partial charge on any atom is 0.233 e. The number of carbonyl (C=O) groups excluding carboxylic acids is 4. The van der Waals surface area contributed by atoms with Crippen molar-refractivity contribution in [2.24, 2.45) is 71.0 Å². The number of hydrogen-bond acceptors (Lipinski definition) is 14. The van der Waals surface area contributed by atoms with E-state index in [9.17, 15) is 29.4 Å². The molecule has 4 amide bonds. The number of carbonyl (C=O) groups is 4. The molecule has 10 fully saturated rings. The van der Waals surface area contributed by atoms with E-state index in [-0.39, 0.29) is 122 Å². The molecule has 0 radical (unpaired) electrons. The van der Waals surface area contributed by atoms with Crippen LogP contribution in [-0.2, 0) is 19.2 Å².